The molecule has 1 aliphatic carbocycles. The molecule has 0 aliphatic heterocycles. The Kier molecular flexibility index (Phi) is 96.8. The van der Waals surface area contributed by atoms with Crippen LogP contribution in [0.5, 0.6) is 0 Å². The summed E-state index contributed by atoms with van der Waals surface area (Å²) in [6, 6.07) is 0. The van der Waals surface area contributed by atoms with Crippen LogP contribution in [0.1, 0.15) is 65.2 Å². The quantitative estimate of drug-likeness (QED) is 0.173. The first-order valence-corrected chi connectivity index (χ1v) is 8.04. The van der Waals surface area contributed by atoms with E-state index in [4.69, 9.17) is 27.9 Å². The van der Waals surface area contributed by atoms with Gasteiger partial charge in [-0.2, -0.15) is 0 Å². The van der Waals surface area contributed by atoms with Crippen LogP contribution in [0, 0.1) is 63.1 Å². The Hall–Kier alpha value is -1.25. The average molecular weight is 504 g/mol. The molecule has 0 bridgehead atoms. The van der Waals surface area contributed by atoms with Gasteiger partial charge in [-0.3, -0.25) is 0 Å². The number of hydrogen-bond donors (Lipinski definition) is 0. The molecule has 1 aliphatic rings. The minimum absolute atomic E-state index is 0. The summed E-state index contributed by atoms with van der Waals surface area (Å²) < 4.78 is 45.0. The van der Waals surface area contributed by atoms with Crippen LogP contribution in [0.25, 0.3) is 0 Å². The average Bonchev–Trinajstić information content (AvgIpc) is 2.83. The Bertz CT molecular complexity index is 462. The van der Waals surface area contributed by atoms with E-state index in [1.54, 1.807) is 0 Å². The monoisotopic (exact) mass is 504 g/mol. The Labute approximate surface area is 202 Å². The first kappa shape index (κ1) is 51.4. The molecule has 0 N–H and O–H groups in total. The van der Waals surface area contributed by atoms with Crippen molar-refractivity contribution in [1.82, 2.24) is 0 Å². The molecule has 0 aromatic carbocycles. The van der Waals surface area contributed by atoms with E-state index in [0.29, 0.717) is 5.41 Å². The number of hydrogen-bond acceptors (Lipinski definition) is 0. The van der Waals surface area contributed by atoms with Crippen molar-refractivity contribution in [3.63, 3.8) is 0 Å². The summed E-state index contributed by atoms with van der Waals surface area (Å²) in [6.07, 6.45) is 12.2. The molecule has 168 valence electrons. The van der Waals surface area contributed by atoms with Gasteiger partial charge in [-0.25, -0.2) is 0 Å². The molecule has 0 spiro atoms. The molecular weight excluding hydrogens is 478 g/mol. The van der Waals surface area contributed by atoms with Crippen molar-refractivity contribution in [1.29, 1.82) is 0 Å². The normalized spacial score (nSPS) is 16.0. The molecule has 2 radical (unpaired) electrons. The molecule has 0 amide bonds. The van der Waals surface area contributed by atoms with Gasteiger partial charge in [0.1, 0.15) is 0 Å². The molecule has 8 heteroatoms. The van der Waals surface area contributed by atoms with Gasteiger partial charge in [0, 0.05) is 46.4 Å². The summed E-state index contributed by atoms with van der Waals surface area (Å²) >= 11 is 0. The van der Waals surface area contributed by atoms with Gasteiger partial charge in [-0.1, -0.05) is 39.2 Å². The van der Waals surface area contributed by atoms with Gasteiger partial charge in [0.2, 0.25) is 0 Å². The van der Waals surface area contributed by atoms with Crippen LogP contribution in [0.2, 0.25) is 0 Å². The van der Waals surface area contributed by atoms with Crippen molar-refractivity contribution in [3.8, 4) is 11.8 Å². The molecule has 0 aromatic rings. The molecule has 0 aromatic heterocycles. The summed E-state index contributed by atoms with van der Waals surface area (Å²) in [7, 11) is 0. The van der Waals surface area contributed by atoms with Crippen molar-refractivity contribution in [2.45, 2.75) is 65.2 Å². The van der Waals surface area contributed by atoms with E-state index in [0.717, 1.165) is 18.8 Å². The fraction of sp³-hybridized carbons (Fsp3) is 0.545. The van der Waals surface area contributed by atoms with Crippen LogP contribution >= 0.6 is 0 Å². The second kappa shape index (κ2) is 56.5. The molecule has 0 heterocycles. The summed E-state index contributed by atoms with van der Waals surface area (Å²) in [5.41, 5.74) is 0.345. The van der Waals surface area contributed by atoms with Crippen LogP contribution in [0.4, 0.5) is 0 Å². The van der Waals surface area contributed by atoms with Gasteiger partial charge >= 0.3 is 67.8 Å². The van der Waals surface area contributed by atoms with Crippen molar-refractivity contribution < 1.29 is 61.5 Å². The van der Waals surface area contributed by atoms with E-state index < -0.39 is 0 Å². The first-order chi connectivity index (χ1) is 13.7. The number of rotatable bonds is 4. The minimum Gasteiger partial charge on any atom is 0 e. The van der Waals surface area contributed by atoms with Crippen LogP contribution < -0.4 is 0 Å². The maximum atomic E-state index is 7.50. The Morgan fingerprint density at radius 3 is 1.67 bits per heavy atom. The molecule has 6 nitrogen and oxygen atoms in total. The van der Waals surface area contributed by atoms with Crippen LogP contribution in [-0.2, 0) is 61.5 Å². The van der Waals surface area contributed by atoms with Crippen molar-refractivity contribution in [3.05, 3.63) is 52.6 Å². The van der Waals surface area contributed by atoms with Gasteiger partial charge in [0.25, 0.3) is 0 Å². The third-order valence-electron chi connectivity index (χ3n) is 4.05. The van der Waals surface area contributed by atoms with Gasteiger partial charge in [0.15, 0.2) is 0 Å². The number of allylic oxidation sites excluding steroid dienone is 1. The van der Waals surface area contributed by atoms with E-state index in [1.807, 2.05) is 0 Å². The molecule has 0 saturated heterocycles. The molecule has 30 heavy (non-hydrogen) atoms. The third-order valence-corrected chi connectivity index (χ3v) is 4.05. The minimum atomic E-state index is 0. The third kappa shape index (κ3) is 34.3. The fourth-order valence-electron chi connectivity index (χ4n) is 2.58. The Morgan fingerprint density at radius 1 is 0.867 bits per heavy atom. The first-order valence-electron chi connectivity index (χ1n) is 8.04. The summed E-state index contributed by atoms with van der Waals surface area (Å²) in [5, 5.41) is 0. The van der Waals surface area contributed by atoms with E-state index in [2.05, 4.69) is 78.2 Å². The maximum absolute atomic E-state index is 7.50. The van der Waals surface area contributed by atoms with Gasteiger partial charge in [-0.15, -0.1) is 18.4 Å². The van der Waals surface area contributed by atoms with Gasteiger partial charge in [-0.05, 0) is 30.6 Å². The zero-order valence-electron chi connectivity index (χ0n) is 17.1. The van der Waals surface area contributed by atoms with Crippen LogP contribution in [0.15, 0.2) is 12.7 Å². The van der Waals surface area contributed by atoms with Gasteiger partial charge in [0.05, 0.1) is 0 Å². The standard InChI is InChI=1S/C16H26.6CO.2Co/c1-4-6-7-8-9-12-15-13-10-11-14-16(15,3)5-2;6*1-2;;/h5,15H,2,4,6-7,10-14H2,1,3H3;;;;;;;;/t15-,16+;;;;;;;;/m1......../s1. The number of unbranched alkanes of at least 4 members (excludes halogenated alkanes) is 2. The molecule has 1 saturated carbocycles. The summed E-state index contributed by atoms with van der Waals surface area (Å²) in [5.74, 6) is 7.44. The molecule has 1 rings (SSSR count). The molecule has 1 fully saturated rings. The van der Waals surface area contributed by atoms with Crippen molar-refractivity contribution in [2.24, 2.45) is 11.3 Å². The maximum Gasteiger partial charge on any atom is 0 e. The topological polar surface area (TPSA) is 119 Å². The zero-order chi connectivity index (χ0) is 23.9. The Morgan fingerprint density at radius 2 is 1.30 bits per heavy atom. The second-order valence-corrected chi connectivity index (χ2v) is 5.31. The fourth-order valence-corrected chi connectivity index (χ4v) is 2.58. The summed E-state index contributed by atoms with van der Waals surface area (Å²) in [4.78, 5) is 0. The van der Waals surface area contributed by atoms with E-state index in [9.17, 15) is 0 Å². The zero-order valence-corrected chi connectivity index (χ0v) is 19.2. The van der Waals surface area contributed by atoms with Crippen molar-refractivity contribution >= 4 is 0 Å². The summed E-state index contributed by atoms with van der Waals surface area (Å²) in [6.45, 7) is 35.6. The van der Waals surface area contributed by atoms with Crippen molar-refractivity contribution in [2.75, 3.05) is 0 Å². The van der Waals surface area contributed by atoms with Gasteiger partial charge < -0.3 is 0 Å². The van der Waals surface area contributed by atoms with E-state index in [1.165, 1.54) is 38.5 Å². The van der Waals surface area contributed by atoms with E-state index in [-0.39, 0.29) is 33.6 Å². The van der Waals surface area contributed by atoms with Crippen LogP contribution in [-0.4, -0.2) is 0 Å². The molecule has 0 unspecified atom stereocenters. The second-order valence-electron chi connectivity index (χ2n) is 5.31. The predicted molar refractivity (Wildman–Crippen MR) is 95.8 cm³/mol. The molecule has 2 atom stereocenters. The van der Waals surface area contributed by atoms with E-state index >= 15 is 0 Å². The smallest absolute Gasteiger partial charge is 0 e. The SMILES string of the molecule is C=C[C@@]1(C)CCCC[C@H]1CC#CCCCC.[C-]#[O+].[C-]#[O+].[C-]#[O+].[C-]#[O+].[C-]#[O+].[C-]#[O+].[Co].[Co]. The largest absolute Gasteiger partial charge is 0 e. The van der Waals surface area contributed by atoms with Crippen LogP contribution in [0.3, 0.4) is 0 Å². The Balaban J connectivity index is -0.0000000498. The molecular formula is C22H26Co2O6. The predicted octanol–water partition coefficient (Wildman–Crippen LogP) is 4.72.